The Morgan fingerprint density at radius 1 is 1.40 bits per heavy atom. The van der Waals surface area contributed by atoms with Crippen LogP contribution in [-0.2, 0) is 11.2 Å². The number of amides is 1. The molecule has 80 valence electrons. The molecule has 1 rings (SSSR count). The summed E-state index contributed by atoms with van der Waals surface area (Å²) in [5, 5.41) is 3.83. The molecule has 0 radical (unpaired) electrons. The highest BCUT2D eigenvalue weighted by Gasteiger charge is 1.99. The number of hydrazone groups is 1. The molecule has 0 aromatic heterocycles. The summed E-state index contributed by atoms with van der Waals surface area (Å²) in [4.78, 5) is 11.4. The predicted octanol–water partition coefficient (Wildman–Crippen LogP) is 2.13. The molecule has 1 amide bonds. The van der Waals surface area contributed by atoms with Crippen molar-refractivity contribution >= 4 is 12.1 Å². The fourth-order valence-corrected chi connectivity index (χ4v) is 1.13. The SMILES string of the molecule is CCC/C=N\NC(=O)Cc1ccccc1. The first-order valence-electron chi connectivity index (χ1n) is 5.17. The van der Waals surface area contributed by atoms with Crippen molar-refractivity contribution in [2.24, 2.45) is 5.10 Å². The second-order valence-corrected chi connectivity index (χ2v) is 3.30. The first kappa shape index (κ1) is 11.4. The summed E-state index contributed by atoms with van der Waals surface area (Å²) in [5.74, 6) is -0.0754. The maximum atomic E-state index is 11.4. The Balaban J connectivity index is 2.31. The maximum absolute atomic E-state index is 11.4. The van der Waals surface area contributed by atoms with Crippen LogP contribution in [0.25, 0.3) is 0 Å². The molecule has 0 spiro atoms. The van der Waals surface area contributed by atoms with Gasteiger partial charge in [0.15, 0.2) is 0 Å². The van der Waals surface area contributed by atoms with Gasteiger partial charge in [-0.05, 0) is 12.0 Å². The maximum Gasteiger partial charge on any atom is 0.244 e. The minimum absolute atomic E-state index is 0.0754. The fraction of sp³-hybridized carbons (Fsp3) is 0.333. The Kier molecular flexibility index (Phi) is 5.15. The van der Waals surface area contributed by atoms with Gasteiger partial charge in [0.05, 0.1) is 6.42 Å². The molecule has 1 aromatic rings. The van der Waals surface area contributed by atoms with E-state index in [4.69, 9.17) is 0 Å². The molecule has 0 saturated heterocycles. The number of nitrogens with one attached hydrogen (secondary N) is 1. The standard InChI is InChI=1S/C12H16N2O/c1-2-3-9-13-14-12(15)10-11-7-5-4-6-8-11/h4-9H,2-3,10H2,1H3,(H,14,15)/b13-9-. The summed E-state index contributed by atoms with van der Waals surface area (Å²) < 4.78 is 0. The number of carbonyl (C=O) groups is 1. The van der Waals surface area contributed by atoms with Crippen molar-refractivity contribution in [3.63, 3.8) is 0 Å². The van der Waals surface area contributed by atoms with Gasteiger partial charge in [0.2, 0.25) is 5.91 Å². The lowest BCUT2D eigenvalue weighted by Gasteiger charge is -1.99. The van der Waals surface area contributed by atoms with Crippen LogP contribution in [0.1, 0.15) is 25.3 Å². The first-order chi connectivity index (χ1) is 7.33. The van der Waals surface area contributed by atoms with E-state index in [1.54, 1.807) is 6.21 Å². The Labute approximate surface area is 90.2 Å². The van der Waals surface area contributed by atoms with Crippen LogP contribution >= 0.6 is 0 Å². The number of nitrogens with zero attached hydrogens (tertiary/aromatic N) is 1. The van der Waals surface area contributed by atoms with E-state index in [2.05, 4.69) is 17.5 Å². The molecule has 0 aliphatic carbocycles. The highest BCUT2D eigenvalue weighted by atomic mass is 16.2. The molecule has 1 N–H and O–H groups in total. The number of hydrogen-bond acceptors (Lipinski definition) is 2. The third-order valence-electron chi connectivity index (χ3n) is 1.91. The summed E-state index contributed by atoms with van der Waals surface area (Å²) in [6.07, 6.45) is 4.04. The molecule has 15 heavy (non-hydrogen) atoms. The predicted molar refractivity (Wildman–Crippen MR) is 61.7 cm³/mol. The summed E-state index contributed by atoms with van der Waals surface area (Å²) in [6, 6.07) is 9.62. The van der Waals surface area contributed by atoms with Gasteiger partial charge in [-0.25, -0.2) is 5.43 Å². The minimum Gasteiger partial charge on any atom is -0.273 e. The van der Waals surface area contributed by atoms with Gasteiger partial charge in [0, 0.05) is 6.21 Å². The van der Waals surface area contributed by atoms with E-state index in [-0.39, 0.29) is 5.91 Å². The van der Waals surface area contributed by atoms with Crippen molar-refractivity contribution in [1.82, 2.24) is 5.43 Å². The van der Waals surface area contributed by atoms with Crippen molar-refractivity contribution in [1.29, 1.82) is 0 Å². The molecular weight excluding hydrogens is 188 g/mol. The van der Waals surface area contributed by atoms with Gasteiger partial charge in [-0.2, -0.15) is 5.10 Å². The van der Waals surface area contributed by atoms with Crippen LogP contribution in [0.3, 0.4) is 0 Å². The van der Waals surface area contributed by atoms with E-state index in [1.807, 2.05) is 30.3 Å². The van der Waals surface area contributed by atoms with Crippen LogP contribution in [0.2, 0.25) is 0 Å². The van der Waals surface area contributed by atoms with Crippen LogP contribution in [0.5, 0.6) is 0 Å². The van der Waals surface area contributed by atoms with Crippen molar-refractivity contribution < 1.29 is 4.79 Å². The zero-order chi connectivity index (χ0) is 10.9. The van der Waals surface area contributed by atoms with E-state index in [9.17, 15) is 4.79 Å². The van der Waals surface area contributed by atoms with Gasteiger partial charge in [-0.1, -0.05) is 43.7 Å². The number of benzene rings is 1. The van der Waals surface area contributed by atoms with Crippen LogP contribution in [0, 0.1) is 0 Å². The third-order valence-corrected chi connectivity index (χ3v) is 1.91. The monoisotopic (exact) mass is 204 g/mol. The summed E-state index contributed by atoms with van der Waals surface area (Å²) in [7, 11) is 0. The molecule has 1 aromatic carbocycles. The molecule has 0 saturated carbocycles. The molecule has 0 aliphatic heterocycles. The highest BCUT2D eigenvalue weighted by Crippen LogP contribution is 1.98. The molecule has 0 fully saturated rings. The molecule has 0 aliphatic rings. The number of carbonyl (C=O) groups excluding carboxylic acids is 1. The minimum atomic E-state index is -0.0754. The van der Waals surface area contributed by atoms with Gasteiger partial charge in [0.25, 0.3) is 0 Å². The van der Waals surface area contributed by atoms with Crippen LogP contribution in [0.4, 0.5) is 0 Å². The van der Waals surface area contributed by atoms with Crippen LogP contribution < -0.4 is 5.43 Å². The summed E-state index contributed by atoms with van der Waals surface area (Å²) >= 11 is 0. The van der Waals surface area contributed by atoms with Gasteiger partial charge < -0.3 is 0 Å². The Morgan fingerprint density at radius 2 is 2.13 bits per heavy atom. The number of rotatable bonds is 5. The molecule has 0 heterocycles. The summed E-state index contributed by atoms with van der Waals surface area (Å²) in [6.45, 7) is 2.07. The van der Waals surface area contributed by atoms with Crippen molar-refractivity contribution in [3.8, 4) is 0 Å². The molecule has 3 heteroatoms. The second-order valence-electron chi connectivity index (χ2n) is 3.30. The normalized spacial score (nSPS) is 10.5. The van der Waals surface area contributed by atoms with E-state index >= 15 is 0 Å². The Morgan fingerprint density at radius 3 is 2.80 bits per heavy atom. The van der Waals surface area contributed by atoms with Crippen LogP contribution in [0.15, 0.2) is 35.4 Å². The first-order valence-corrected chi connectivity index (χ1v) is 5.17. The lowest BCUT2D eigenvalue weighted by Crippen LogP contribution is -2.19. The zero-order valence-corrected chi connectivity index (χ0v) is 8.94. The summed E-state index contributed by atoms with van der Waals surface area (Å²) in [5.41, 5.74) is 3.50. The molecule has 0 atom stereocenters. The third kappa shape index (κ3) is 4.96. The van der Waals surface area contributed by atoms with Crippen molar-refractivity contribution in [2.75, 3.05) is 0 Å². The topological polar surface area (TPSA) is 41.5 Å². The van der Waals surface area contributed by atoms with E-state index in [0.29, 0.717) is 6.42 Å². The lowest BCUT2D eigenvalue weighted by molar-refractivity contribution is -0.120. The molecule has 0 bridgehead atoms. The van der Waals surface area contributed by atoms with E-state index < -0.39 is 0 Å². The molecule has 0 unspecified atom stereocenters. The number of hydrogen-bond donors (Lipinski definition) is 1. The average Bonchev–Trinajstić information content (AvgIpc) is 2.26. The van der Waals surface area contributed by atoms with E-state index in [1.165, 1.54) is 0 Å². The largest absolute Gasteiger partial charge is 0.273 e. The quantitative estimate of drug-likeness (QED) is 0.579. The number of unbranched alkanes of at least 4 members (excludes halogenated alkanes) is 1. The van der Waals surface area contributed by atoms with Crippen molar-refractivity contribution in [2.45, 2.75) is 26.2 Å². The fourth-order valence-electron chi connectivity index (χ4n) is 1.13. The smallest absolute Gasteiger partial charge is 0.244 e. The van der Waals surface area contributed by atoms with Gasteiger partial charge in [-0.3, -0.25) is 4.79 Å². The van der Waals surface area contributed by atoms with Gasteiger partial charge in [-0.15, -0.1) is 0 Å². The van der Waals surface area contributed by atoms with Crippen molar-refractivity contribution in [3.05, 3.63) is 35.9 Å². The lowest BCUT2D eigenvalue weighted by atomic mass is 10.1. The molecule has 3 nitrogen and oxygen atoms in total. The molecular formula is C12H16N2O. The average molecular weight is 204 g/mol. The Bertz CT molecular complexity index is 320. The Hall–Kier alpha value is -1.64. The zero-order valence-electron chi connectivity index (χ0n) is 8.94. The van der Waals surface area contributed by atoms with Crippen LogP contribution in [-0.4, -0.2) is 12.1 Å². The second kappa shape index (κ2) is 6.76. The van der Waals surface area contributed by atoms with Gasteiger partial charge >= 0.3 is 0 Å². The highest BCUT2D eigenvalue weighted by molar-refractivity contribution is 5.79. The van der Waals surface area contributed by atoms with Gasteiger partial charge in [0.1, 0.15) is 0 Å². The van der Waals surface area contributed by atoms with E-state index in [0.717, 1.165) is 18.4 Å².